The van der Waals surface area contributed by atoms with E-state index >= 15 is 0 Å². The Hall–Kier alpha value is -1.80. The van der Waals surface area contributed by atoms with Crippen LogP contribution in [0.25, 0.3) is 0 Å². The molecule has 0 aliphatic heterocycles. The number of carboxylic acids is 1. The highest BCUT2D eigenvalue weighted by atomic mass is 16.4. The summed E-state index contributed by atoms with van der Waals surface area (Å²) in [6.45, 7) is 1.83. The van der Waals surface area contributed by atoms with Gasteiger partial charge in [0.05, 0.1) is 18.3 Å². The van der Waals surface area contributed by atoms with E-state index in [1.54, 1.807) is 13.1 Å². The Balaban J connectivity index is 2.82. The van der Waals surface area contributed by atoms with Crippen molar-refractivity contribution < 1.29 is 9.90 Å². The van der Waals surface area contributed by atoms with Crippen molar-refractivity contribution >= 4 is 5.97 Å². The maximum Gasteiger partial charge on any atom is 0.328 e. The van der Waals surface area contributed by atoms with E-state index in [4.69, 9.17) is 10.8 Å². The van der Waals surface area contributed by atoms with Gasteiger partial charge in [-0.05, 0) is 6.92 Å². The predicted molar refractivity (Wildman–Crippen MR) is 50.5 cm³/mol. The minimum absolute atomic E-state index is 0.277. The summed E-state index contributed by atoms with van der Waals surface area (Å²) in [5, 5.41) is 12.6. The summed E-state index contributed by atoms with van der Waals surface area (Å²) < 4.78 is 1.35. The molecular weight excluding hydrogens is 182 g/mol. The number of nitrogens with two attached hydrogens (primary N) is 1. The molecule has 1 rings (SSSR count). The lowest BCUT2D eigenvalue weighted by atomic mass is 10.3. The Morgan fingerprint density at radius 3 is 3.14 bits per heavy atom. The Kier molecular flexibility index (Phi) is 3.26. The predicted octanol–water partition coefficient (Wildman–Crippen LogP) is -0.161. The summed E-state index contributed by atoms with van der Waals surface area (Å²) in [5.74, 6) is 4.51. The Morgan fingerprint density at radius 2 is 2.57 bits per heavy atom. The summed E-state index contributed by atoms with van der Waals surface area (Å²) in [4.78, 5) is 10.6. The van der Waals surface area contributed by atoms with Crippen molar-refractivity contribution in [2.24, 2.45) is 5.73 Å². The van der Waals surface area contributed by atoms with Crippen LogP contribution in [0.15, 0.2) is 12.4 Å². The minimum Gasteiger partial charge on any atom is -0.480 e. The zero-order chi connectivity index (χ0) is 10.6. The molecule has 14 heavy (non-hydrogen) atoms. The normalized spacial score (nSPS) is 11.6. The first-order valence-corrected chi connectivity index (χ1v) is 4.11. The molecule has 0 fully saturated rings. The largest absolute Gasteiger partial charge is 0.480 e. The number of aromatic nitrogens is 2. The van der Waals surface area contributed by atoms with Crippen molar-refractivity contribution in [2.45, 2.75) is 13.0 Å². The van der Waals surface area contributed by atoms with Crippen LogP contribution < -0.4 is 5.73 Å². The van der Waals surface area contributed by atoms with Crippen molar-refractivity contribution in [3.05, 3.63) is 18.0 Å². The van der Waals surface area contributed by atoms with Crippen LogP contribution in [0.5, 0.6) is 0 Å². The smallest absolute Gasteiger partial charge is 0.328 e. The number of carbonyl (C=O) groups is 1. The van der Waals surface area contributed by atoms with Crippen LogP contribution in [0.1, 0.15) is 18.5 Å². The highest BCUT2D eigenvalue weighted by Crippen LogP contribution is 2.05. The maximum absolute atomic E-state index is 10.6. The van der Waals surface area contributed by atoms with Crippen LogP contribution in [0.3, 0.4) is 0 Å². The maximum atomic E-state index is 10.6. The topological polar surface area (TPSA) is 81.1 Å². The molecule has 0 aromatic carbocycles. The number of aliphatic carboxylic acids is 1. The lowest BCUT2D eigenvalue weighted by Gasteiger charge is -2.04. The van der Waals surface area contributed by atoms with Gasteiger partial charge >= 0.3 is 5.97 Å². The molecule has 0 amide bonds. The average molecular weight is 193 g/mol. The monoisotopic (exact) mass is 193 g/mol. The summed E-state index contributed by atoms with van der Waals surface area (Å²) in [6.07, 6.45) is 3.10. The summed E-state index contributed by atoms with van der Waals surface area (Å²) >= 11 is 0. The zero-order valence-corrected chi connectivity index (χ0v) is 7.77. The molecular formula is C9H11N3O2. The second kappa shape index (κ2) is 4.44. The van der Waals surface area contributed by atoms with E-state index < -0.39 is 12.0 Å². The zero-order valence-electron chi connectivity index (χ0n) is 7.77. The van der Waals surface area contributed by atoms with Crippen LogP contribution in [-0.2, 0) is 4.79 Å². The highest BCUT2D eigenvalue weighted by molar-refractivity contribution is 5.71. The molecule has 1 atom stereocenters. The molecule has 74 valence electrons. The first kappa shape index (κ1) is 10.3. The number of rotatable bonds is 2. The van der Waals surface area contributed by atoms with Gasteiger partial charge in [-0.15, -0.1) is 0 Å². The third-order valence-electron chi connectivity index (χ3n) is 1.69. The SMILES string of the molecule is C[C@@H](C(=O)O)n1cc(C#CCN)cn1. The van der Waals surface area contributed by atoms with Crippen LogP contribution in [0.2, 0.25) is 0 Å². The quantitative estimate of drug-likeness (QED) is 0.639. The van der Waals surface area contributed by atoms with Gasteiger partial charge in [0.1, 0.15) is 6.04 Å². The van der Waals surface area contributed by atoms with E-state index in [1.807, 2.05) is 0 Å². The third-order valence-corrected chi connectivity index (χ3v) is 1.69. The Morgan fingerprint density at radius 1 is 1.86 bits per heavy atom. The van der Waals surface area contributed by atoms with E-state index in [9.17, 15) is 4.79 Å². The van der Waals surface area contributed by atoms with Gasteiger partial charge in [-0.3, -0.25) is 4.68 Å². The van der Waals surface area contributed by atoms with Crippen molar-refractivity contribution in [2.75, 3.05) is 6.54 Å². The van der Waals surface area contributed by atoms with Crippen LogP contribution >= 0.6 is 0 Å². The molecule has 0 aliphatic rings. The van der Waals surface area contributed by atoms with Gasteiger partial charge in [0, 0.05) is 6.20 Å². The average Bonchev–Trinajstić information content (AvgIpc) is 2.61. The second-order valence-corrected chi connectivity index (χ2v) is 2.73. The molecule has 0 radical (unpaired) electrons. The number of hydrogen-bond donors (Lipinski definition) is 2. The van der Waals surface area contributed by atoms with E-state index in [0.717, 1.165) is 0 Å². The van der Waals surface area contributed by atoms with Crippen molar-refractivity contribution in [3.63, 3.8) is 0 Å². The van der Waals surface area contributed by atoms with E-state index in [1.165, 1.54) is 10.9 Å². The molecule has 0 bridgehead atoms. The first-order valence-electron chi connectivity index (χ1n) is 4.11. The molecule has 1 aromatic heterocycles. The van der Waals surface area contributed by atoms with Gasteiger partial charge in [0.2, 0.25) is 0 Å². The molecule has 3 N–H and O–H groups in total. The van der Waals surface area contributed by atoms with Gasteiger partial charge in [0.25, 0.3) is 0 Å². The minimum atomic E-state index is -0.925. The van der Waals surface area contributed by atoms with Crippen LogP contribution in [0, 0.1) is 11.8 Å². The Bertz CT molecular complexity index is 386. The van der Waals surface area contributed by atoms with Gasteiger partial charge in [-0.1, -0.05) is 11.8 Å². The highest BCUT2D eigenvalue weighted by Gasteiger charge is 2.13. The third kappa shape index (κ3) is 2.34. The summed E-state index contributed by atoms with van der Waals surface area (Å²) in [6, 6.07) is -0.677. The number of carboxylic acid groups (broad SMARTS) is 1. The fourth-order valence-electron chi connectivity index (χ4n) is 0.881. The van der Waals surface area contributed by atoms with E-state index in [-0.39, 0.29) is 6.54 Å². The second-order valence-electron chi connectivity index (χ2n) is 2.73. The lowest BCUT2D eigenvalue weighted by Crippen LogP contribution is -2.15. The molecule has 0 unspecified atom stereocenters. The van der Waals surface area contributed by atoms with E-state index in [0.29, 0.717) is 5.56 Å². The van der Waals surface area contributed by atoms with Crippen LogP contribution in [-0.4, -0.2) is 27.4 Å². The molecule has 1 heterocycles. The molecule has 0 spiro atoms. The molecule has 1 aromatic rings. The first-order chi connectivity index (χ1) is 6.65. The molecule has 0 aliphatic carbocycles. The molecule has 5 nitrogen and oxygen atoms in total. The number of nitrogens with zero attached hydrogens (tertiary/aromatic N) is 2. The van der Waals surface area contributed by atoms with Gasteiger partial charge in [-0.2, -0.15) is 5.10 Å². The summed E-state index contributed by atoms with van der Waals surface area (Å²) in [5.41, 5.74) is 5.87. The van der Waals surface area contributed by atoms with Crippen molar-refractivity contribution in [3.8, 4) is 11.8 Å². The fourth-order valence-corrected chi connectivity index (χ4v) is 0.881. The lowest BCUT2D eigenvalue weighted by molar-refractivity contribution is -0.140. The van der Waals surface area contributed by atoms with E-state index in [2.05, 4.69) is 16.9 Å². The summed E-state index contributed by atoms with van der Waals surface area (Å²) in [7, 11) is 0. The van der Waals surface area contributed by atoms with Crippen molar-refractivity contribution in [1.82, 2.24) is 9.78 Å². The Labute approximate surface area is 81.5 Å². The fraction of sp³-hybridized carbons (Fsp3) is 0.333. The van der Waals surface area contributed by atoms with Gasteiger partial charge < -0.3 is 10.8 Å². The van der Waals surface area contributed by atoms with Gasteiger partial charge in [-0.25, -0.2) is 4.79 Å². The molecule has 0 saturated carbocycles. The van der Waals surface area contributed by atoms with Crippen molar-refractivity contribution in [1.29, 1.82) is 0 Å². The van der Waals surface area contributed by atoms with Crippen LogP contribution in [0.4, 0.5) is 0 Å². The molecule has 0 saturated heterocycles. The number of hydrogen-bond acceptors (Lipinski definition) is 3. The standard InChI is InChI=1S/C9H11N3O2/c1-7(9(13)14)12-6-8(5-11-12)3-2-4-10/h5-7H,4,10H2,1H3,(H,13,14)/t7-/m0/s1. The molecule has 5 heteroatoms. The van der Waals surface area contributed by atoms with Gasteiger partial charge in [0.15, 0.2) is 0 Å².